The topological polar surface area (TPSA) is 58.4 Å². The van der Waals surface area contributed by atoms with E-state index in [1.807, 2.05) is 6.07 Å². The van der Waals surface area contributed by atoms with E-state index in [1.165, 1.54) is 0 Å². The van der Waals surface area contributed by atoms with Crippen LogP contribution in [0.15, 0.2) is 22.7 Å². The summed E-state index contributed by atoms with van der Waals surface area (Å²) in [5, 5.41) is 2.91. The van der Waals surface area contributed by atoms with Gasteiger partial charge in [-0.05, 0) is 37.7 Å². The van der Waals surface area contributed by atoms with Gasteiger partial charge in [-0.25, -0.2) is 0 Å². The standard InChI is InChI=1S/C14H22BrN3O.2ClH/c1-3-8-18(4-2)9-7-17-14(19)12-6-5-11(15)10-13(12)16;;/h5-6,10H,3-4,7-9,16H2,1-2H3,(H,17,19);2*1H. The number of carbonyl (C=O) groups excluding carboxylic acids is 1. The van der Waals surface area contributed by atoms with E-state index in [1.54, 1.807) is 12.1 Å². The number of amides is 1. The van der Waals surface area contributed by atoms with E-state index in [0.717, 1.165) is 30.5 Å². The number of nitrogens with two attached hydrogens (primary N) is 1. The van der Waals surface area contributed by atoms with E-state index in [9.17, 15) is 4.79 Å². The van der Waals surface area contributed by atoms with Crippen LogP contribution in [0.2, 0.25) is 0 Å². The molecule has 0 aliphatic rings. The molecule has 0 saturated carbocycles. The van der Waals surface area contributed by atoms with Gasteiger partial charge in [0.25, 0.3) is 5.91 Å². The first kappa shape index (κ1) is 22.8. The third kappa shape index (κ3) is 7.90. The fourth-order valence-corrected chi connectivity index (χ4v) is 2.29. The molecule has 0 spiro atoms. The van der Waals surface area contributed by atoms with Crippen LogP contribution in [0.1, 0.15) is 30.6 Å². The number of nitrogens with zero attached hydrogens (tertiary/aromatic N) is 1. The molecule has 0 atom stereocenters. The van der Waals surface area contributed by atoms with Crippen molar-refractivity contribution in [2.45, 2.75) is 20.3 Å². The zero-order valence-electron chi connectivity index (χ0n) is 12.4. The molecule has 0 aliphatic heterocycles. The van der Waals surface area contributed by atoms with Crippen molar-refractivity contribution in [3.8, 4) is 0 Å². The first-order valence-corrected chi connectivity index (χ1v) is 7.43. The van der Waals surface area contributed by atoms with E-state index in [2.05, 4.69) is 40.0 Å². The van der Waals surface area contributed by atoms with Crippen molar-refractivity contribution in [2.75, 3.05) is 31.9 Å². The molecule has 1 rings (SSSR count). The molecular formula is C14H24BrCl2N3O. The van der Waals surface area contributed by atoms with Crippen molar-refractivity contribution in [3.05, 3.63) is 28.2 Å². The number of nitrogens with one attached hydrogen (secondary N) is 1. The van der Waals surface area contributed by atoms with E-state index in [0.29, 0.717) is 17.8 Å². The third-order valence-electron chi connectivity index (χ3n) is 2.96. The first-order valence-electron chi connectivity index (χ1n) is 6.64. The molecule has 0 bridgehead atoms. The molecule has 0 saturated heterocycles. The minimum Gasteiger partial charge on any atom is -0.398 e. The van der Waals surface area contributed by atoms with Crippen LogP contribution >= 0.6 is 40.7 Å². The van der Waals surface area contributed by atoms with Gasteiger partial charge >= 0.3 is 0 Å². The molecule has 1 amide bonds. The number of hydrogen-bond donors (Lipinski definition) is 2. The minimum atomic E-state index is -0.113. The molecule has 0 radical (unpaired) electrons. The summed E-state index contributed by atoms with van der Waals surface area (Å²) in [5.41, 5.74) is 6.85. The van der Waals surface area contributed by atoms with Gasteiger partial charge in [-0.1, -0.05) is 29.8 Å². The lowest BCUT2D eigenvalue weighted by Crippen LogP contribution is -2.35. The predicted octanol–water partition coefficient (Wildman–Crippen LogP) is 3.34. The lowest BCUT2D eigenvalue weighted by molar-refractivity contribution is 0.0949. The van der Waals surface area contributed by atoms with Gasteiger partial charge in [0.2, 0.25) is 0 Å². The van der Waals surface area contributed by atoms with Crippen molar-refractivity contribution in [1.29, 1.82) is 0 Å². The Morgan fingerprint density at radius 3 is 2.48 bits per heavy atom. The summed E-state index contributed by atoms with van der Waals surface area (Å²) in [6.07, 6.45) is 1.13. The SMILES string of the molecule is CCCN(CC)CCNC(=O)c1ccc(Br)cc1N.Cl.Cl. The molecule has 4 nitrogen and oxygen atoms in total. The van der Waals surface area contributed by atoms with Gasteiger partial charge in [0.05, 0.1) is 5.56 Å². The van der Waals surface area contributed by atoms with Crippen LogP contribution in [-0.4, -0.2) is 37.0 Å². The smallest absolute Gasteiger partial charge is 0.253 e. The highest BCUT2D eigenvalue weighted by Crippen LogP contribution is 2.18. The second-order valence-corrected chi connectivity index (χ2v) is 5.34. The maximum Gasteiger partial charge on any atom is 0.253 e. The van der Waals surface area contributed by atoms with E-state index in [-0.39, 0.29) is 30.7 Å². The summed E-state index contributed by atoms with van der Waals surface area (Å²) in [6.45, 7) is 7.86. The summed E-state index contributed by atoms with van der Waals surface area (Å²) < 4.78 is 0.877. The number of nitrogen functional groups attached to an aromatic ring is 1. The third-order valence-corrected chi connectivity index (χ3v) is 3.45. The molecule has 0 unspecified atom stereocenters. The number of anilines is 1. The van der Waals surface area contributed by atoms with Gasteiger partial charge in [0, 0.05) is 23.2 Å². The van der Waals surface area contributed by atoms with Gasteiger partial charge in [-0.2, -0.15) is 0 Å². The largest absolute Gasteiger partial charge is 0.398 e. The average Bonchev–Trinajstić information content (AvgIpc) is 2.37. The van der Waals surface area contributed by atoms with E-state index >= 15 is 0 Å². The van der Waals surface area contributed by atoms with Crippen LogP contribution in [0.5, 0.6) is 0 Å². The quantitative estimate of drug-likeness (QED) is 0.690. The fraction of sp³-hybridized carbons (Fsp3) is 0.500. The molecule has 3 N–H and O–H groups in total. The molecule has 0 aliphatic carbocycles. The molecule has 0 aromatic heterocycles. The maximum absolute atomic E-state index is 12.0. The van der Waals surface area contributed by atoms with Crippen LogP contribution in [0.25, 0.3) is 0 Å². The predicted molar refractivity (Wildman–Crippen MR) is 97.8 cm³/mol. The minimum absolute atomic E-state index is 0. The number of hydrogen-bond acceptors (Lipinski definition) is 3. The fourth-order valence-electron chi connectivity index (χ4n) is 1.91. The van der Waals surface area contributed by atoms with Crippen LogP contribution in [0.3, 0.4) is 0 Å². The molecule has 0 heterocycles. The zero-order valence-corrected chi connectivity index (χ0v) is 15.6. The van der Waals surface area contributed by atoms with Crippen molar-refractivity contribution in [2.24, 2.45) is 0 Å². The first-order chi connectivity index (χ1) is 9.08. The van der Waals surface area contributed by atoms with Crippen LogP contribution in [-0.2, 0) is 0 Å². The Hall–Kier alpha value is -0.490. The highest BCUT2D eigenvalue weighted by atomic mass is 79.9. The second-order valence-electron chi connectivity index (χ2n) is 4.42. The molecule has 1 aromatic carbocycles. The summed E-state index contributed by atoms with van der Waals surface area (Å²) in [5.74, 6) is -0.113. The van der Waals surface area contributed by atoms with Crippen molar-refractivity contribution < 1.29 is 4.79 Å². The van der Waals surface area contributed by atoms with E-state index < -0.39 is 0 Å². The molecular weight excluding hydrogens is 377 g/mol. The number of rotatable bonds is 7. The summed E-state index contributed by atoms with van der Waals surface area (Å²) in [7, 11) is 0. The molecule has 122 valence electrons. The van der Waals surface area contributed by atoms with Gasteiger partial charge in [-0.3, -0.25) is 4.79 Å². The van der Waals surface area contributed by atoms with Gasteiger partial charge in [0.15, 0.2) is 0 Å². The maximum atomic E-state index is 12.0. The number of halogens is 3. The Labute approximate surface area is 147 Å². The highest BCUT2D eigenvalue weighted by Gasteiger charge is 2.09. The Balaban J connectivity index is 0. The number of likely N-dealkylation sites (N-methyl/N-ethyl adjacent to an activating group) is 1. The van der Waals surface area contributed by atoms with Gasteiger partial charge in [-0.15, -0.1) is 24.8 Å². The van der Waals surface area contributed by atoms with Crippen LogP contribution in [0, 0.1) is 0 Å². The second kappa shape index (κ2) is 12.1. The Morgan fingerprint density at radius 1 is 1.29 bits per heavy atom. The van der Waals surface area contributed by atoms with Crippen molar-refractivity contribution in [3.63, 3.8) is 0 Å². The monoisotopic (exact) mass is 399 g/mol. The lowest BCUT2D eigenvalue weighted by atomic mass is 10.1. The molecule has 0 fully saturated rings. The zero-order chi connectivity index (χ0) is 14.3. The highest BCUT2D eigenvalue weighted by molar-refractivity contribution is 9.10. The van der Waals surface area contributed by atoms with Crippen molar-refractivity contribution in [1.82, 2.24) is 10.2 Å². The van der Waals surface area contributed by atoms with Crippen LogP contribution in [0.4, 0.5) is 5.69 Å². The summed E-state index contributed by atoms with van der Waals surface area (Å²) in [4.78, 5) is 14.3. The summed E-state index contributed by atoms with van der Waals surface area (Å²) in [6, 6.07) is 5.30. The van der Waals surface area contributed by atoms with Crippen molar-refractivity contribution >= 4 is 52.3 Å². The van der Waals surface area contributed by atoms with E-state index in [4.69, 9.17) is 5.73 Å². The number of benzene rings is 1. The van der Waals surface area contributed by atoms with Crippen LogP contribution < -0.4 is 11.1 Å². The summed E-state index contributed by atoms with van der Waals surface area (Å²) >= 11 is 3.33. The average molecular weight is 401 g/mol. The Bertz CT molecular complexity index is 433. The molecule has 1 aromatic rings. The normalized spacial score (nSPS) is 9.71. The Morgan fingerprint density at radius 2 is 1.95 bits per heavy atom. The van der Waals surface area contributed by atoms with Gasteiger partial charge < -0.3 is 16.0 Å². The number of carbonyl (C=O) groups is 1. The lowest BCUT2D eigenvalue weighted by Gasteiger charge is -2.19. The van der Waals surface area contributed by atoms with Gasteiger partial charge in [0.1, 0.15) is 0 Å². The molecule has 21 heavy (non-hydrogen) atoms. The molecule has 7 heteroatoms. The Kier molecular flexibility index (Phi) is 13.1.